The maximum atomic E-state index is 13.9. The summed E-state index contributed by atoms with van der Waals surface area (Å²) in [5.41, 5.74) is -0.191. The second-order valence-electron chi connectivity index (χ2n) is 4.35. The fraction of sp³-hybridized carbons (Fsp3) is 0.0714. The second kappa shape index (κ2) is 5.04. The lowest BCUT2D eigenvalue weighted by atomic mass is 10.2. The van der Waals surface area contributed by atoms with Crippen molar-refractivity contribution in [3.05, 3.63) is 59.4 Å². The minimum absolute atomic E-state index is 0.0219. The summed E-state index contributed by atoms with van der Waals surface area (Å²) < 4.78 is 55.3. The van der Waals surface area contributed by atoms with Gasteiger partial charge < -0.3 is 0 Å². The summed E-state index contributed by atoms with van der Waals surface area (Å²) in [7, 11) is 0. The van der Waals surface area contributed by atoms with Gasteiger partial charge in [-0.05, 0) is 12.1 Å². The fourth-order valence-corrected chi connectivity index (χ4v) is 2.35. The van der Waals surface area contributed by atoms with Crippen LogP contribution in [0.25, 0.3) is 16.7 Å². The van der Waals surface area contributed by atoms with Crippen molar-refractivity contribution < 1.29 is 17.6 Å². The Bertz CT molecular complexity index is 845. The predicted molar refractivity (Wildman–Crippen MR) is 70.5 cm³/mol. The van der Waals surface area contributed by atoms with E-state index >= 15 is 0 Å². The molecular formula is C14H7ClF4N2. The molecule has 0 aliphatic rings. The first kappa shape index (κ1) is 13.9. The summed E-state index contributed by atoms with van der Waals surface area (Å²) in [5, 5.41) is 0. The maximum absolute atomic E-state index is 13.9. The number of aromatic nitrogens is 2. The molecule has 0 aliphatic carbocycles. The summed E-state index contributed by atoms with van der Waals surface area (Å²) in [6.45, 7) is 0. The summed E-state index contributed by atoms with van der Waals surface area (Å²) in [4.78, 5) is 3.94. The van der Waals surface area contributed by atoms with Crippen molar-refractivity contribution >= 4 is 22.6 Å². The Morgan fingerprint density at radius 1 is 0.952 bits per heavy atom. The van der Waals surface area contributed by atoms with Gasteiger partial charge in [0.05, 0.1) is 17.1 Å². The molecule has 3 rings (SSSR count). The molecule has 21 heavy (non-hydrogen) atoms. The molecule has 0 fully saturated rings. The van der Waals surface area contributed by atoms with Crippen molar-refractivity contribution in [2.45, 2.75) is 5.88 Å². The van der Waals surface area contributed by atoms with Crippen LogP contribution in [0.5, 0.6) is 0 Å². The van der Waals surface area contributed by atoms with Gasteiger partial charge in [-0.3, -0.25) is 4.57 Å². The highest BCUT2D eigenvalue weighted by atomic mass is 35.5. The molecule has 0 saturated carbocycles. The number of halogens is 5. The predicted octanol–water partition coefficient (Wildman–Crippen LogP) is 4.32. The van der Waals surface area contributed by atoms with Crippen LogP contribution in [0.2, 0.25) is 0 Å². The highest BCUT2D eigenvalue weighted by Gasteiger charge is 2.18. The molecule has 0 bridgehead atoms. The molecule has 0 unspecified atom stereocenters. The molecule has 3 aromatic rings. The zero-order chi connectivity index (χ0) is 15.1. The lowest BCUT2D eigenvalue weighted by molar-refractivity contribution is 0.577. The van der Waals surface area contributed by atoms with E-state index in [4.69, 9.17) is 11.6 Å². The molecule has 0 N–H and O–H groups in total. The third-order valence-electron chi connectivity index (χ3n) is 3.02. The van der Waals surface area contributed by atoms with E-state index in [2.05, 4.69) is 4.98 Å². The lowest BCUT2D eigenvalue weighted by Gasteiger charge is -2.09. The number of fused-ring (bicyclic) bond motifs is 1. The first-order valence-corrected chi connectivity index (χ1v) is 6.42. The van der Waals surface area contributed by atoms with Gasteiger partial charge in [0.15, 0.2) is 5.82 Å². The molecule has 1 aromatic heterocycles. The van der Waals surface area contributed by atoms with Gasteiger partial charge in [-0.25, -0.2) is 22.5 Å². The van der Waals surface area contributed by atoms with Gasteiger partial charge in [-0.2, -0.15) is 0 Å². The van der Waals surface area contributed by atoms with E-state index in [0.717, 1.165) is 18.2 Å². The van der Waals surface area contributed by atoms with Crippen molar-refractivity contribution in [3.8, 4) is 5.69 Å². The Hall–Kier alpha value is -2.08. The van der Waals surface area contributed by atoms with Crippen LogP contribution < -0.4 is 0 Å². The fourth-order valence-electron chi connectivity index (χ4n) is 2.17. The number of nitrogens with zero attached hydrogens (tertiary/aromatic N) is 2. The maximum Gasteiger partial charge on any atom is 0.153 e. The number of hydrogen-bond acceptors (Lipinski definition) is 1. The van der Waals surface area contributed by atoms with Gasteiger partial charge in [0.25, 0.3) is 0 Å². The van der Waals surface area contributed by atoms with Crippen LogP contribution in [0.1, 0.15) is 5.82 Å². The van der Waals surface area contributed by atoms with Gasteiger partial charge >= 0.3 is 0 Å². The van der Waals surface area contributed by atoms with Gasteiger partial charge in [0.1, 0.15) is 28.8 Å². The number of alkyl halides is 1. The monoisotopic (exact) mass is 314 g/mol. The Balaban J connectivity index is 2.40. The minimum atomic E-state index is -0.884. The van der Waals surface area contributed by atoms with E-state index in [1.165, 1.54) is 4.57 Å². The minimum Gasteiger partial charge on any atom is -0.292 e. The van der Waals surface area contributed by atoms with Gasteiger partial charge in [0.2, 0.25) is 0 Å². The number of hydrogen-bond donors (Lipinski definition) is 0. The standard InChI is InChI=1S/C14H7ClF4N2/c15-6-13-20-14-10(19)4-8(17)5-12(14)21(13)11-2-1-7(16)3-9(11)18/h1-5H,6H2. The number of benzene rings is 2. The summed E-state index contributed by atoms with van der Waals surface area (Å²) in [5.74, 6) is -3.37. The van der Waals surface area contributed by atoms with E-state index in [0.29, 0.717) is 12.1 Å². The summed E-state index contributed by atoms with van der Waals surface area (Å²) in [6, 6.07) is 4.57. The molecule has 0 atom stereocenters. The molecule has 7 heteroatoms. The average molecular weight is 315 g/mol. The normalized spacial score (nSPS) is 11.3. The number of rotatable bonds is 2. The molecule has 2 aromatic carbocycles. The van der Waals surface area contributed by atoms with E-state index < -0.39 is 23.3 Å². The Morgan fingerprint density at radius 3 is 2.33 bits per heavy atom. The van der Waals surface area contributed by atoms with E-state index in [9.17, 15) is 17.6 Å². The highest BCUT2D eigenvalue weighted by Crippen LogP contribution is 2.27. The topological polar surface area (TPSA) is 17.8 Å². The van der Waals surface area contributed by atoms with Crippen LogP contribution in [0.4, 0.5) is 17.6 Å². The van der Waals surface area contributed by atoms with Crippen LogP contribution >= 0.6 is 11.6 Å². The van der Waals surface area contributed by atoms with Crippen LogP contribution in [0, 0.1) is 23.3 Å². The van der Waals surface area contributed by atoms with Gasteiger partial charge in [0, 0.05) is 18.2 Å². The average Bonchev–Trinajstić information content (AvgIpc) is 2.77. The van der Waals surface area contributed by atoms with Crippen LogP contribution in [-0.2, 0) is 5.88 Å². The van der Waals surface area contributed by atoms with Crippen molar-refractivity contribution in [2.75, 3.05) is 0 Å². The lowest BCUT2D eigenvalue weighted by Crippen LogP contribution is -2.02. The molecule has 0 radical (unpaired) electrons. The Labute approximate surface area is 121 Å². The number of imidazole rings is 1. The zero-order valence-corrected chi connectivity index (χ0v) is 11.1. The summed E-state index contributed by atoms with van der Waals surface area (Å²) in [6.07, 6.45) is 0. The van der Waals surface area contributed by atoms with Crippen molar-refractivity contribution in [1.82, 2.24) is 9.55 Å². The van der Waals surface area contributed by atoms with Crippen LogP contribution in [0.3, 0.4) is 0 Å². The van der Waals surface area contributed by atoms with Crippen molar-refractivity contribution in [1.29, 1.82) is 0 Å². The highest BCUT2D eigenvalue weighted by molar-refractivity contribution is 6.17. The van der Waals surface area contributed by atoms with E-state index in [1.807, 2.05) is 0 Å². The van der Waals surface area contributed by atoms with Gasteiger partial charge in [-0.15, -0.1) is 11.6 Å². The molecular weight excluding hydrogens is 308 g/mol. The molecule has 0 saturated heterocycles. The van der Waals surface area contributed by atoms with Crippen LogP contribution in [0.15, 0.2) is 30.3 Å². The van der Waals surface area contributed by atoms with Crippen molar-refractivity contribution in [3.63, 3.8) is 0 Å². The van der Waals surface area contributed by atoms with Gasteiger partial charge in [-0.1, -0.05) is 0 Å². The molecule has 108 valence electrons. The molecule has 2 nitrogen and oxygen atoms in total. The Kier molecular flexibility index (Phi) is 3.33. The third kappa shape index (κ3) is 2.25. The third-order valence-corrected chi connectivity index (χ3v) is 3.26. The quantitative estimate of drug-likeness (QED) is 0.509. The van der Waals surface area contributed by atoms with E-state index in [-0.39, 0.29) is 28.4 Å². The smallest absolute Gasteiger partial charge is 0.153 e. The van der Waals surface area contributed by atoms with Crippen molar-refractivity contribution in [2.24, 2.45) is 0 Å². The molecule has 0 amide bonds. The first-order valence-electron chi connectivity index (χ1n) is 5.89. The zero-order valence-electron chi connectivity index (χ0n) is 10.4. The SMILES string of the molecule is Fc1ccc(-n2c(CCl)nc3c(F)cc(F)cc32)c(F)c1. The first-order chi connectivity index (χ1) is 10.0. The largest absolute Gasteiger partial charge is 0.292 e. The summed E-state index contributed by atoms with van der Waals surface area (Å²) >= 11 is 5.73. The van der Waals surface area contributed by atoms with Crippen LogP contribution in [-0.4, -0.2) is 9.55 Å². The molecule has 0 aliphatic heterocycles. The second-order valence-corrected chi connectivity index (χ2v) is 4.62. The van der Waals surface area contributed by atoms with E-state index in [1.54, 1.807) is 0 Å². The Morgan fingerprint density at radius 2 is 1.67 bits per heavy atom. The molecule has 1 heterocycles. The molecule has 0 spiro atoms.